The molecule has 0 aliphatic rings. The van der Waals surface area contributed by atoms with Crippen molar-refractivity contribution in [1.82, 2.24) is 0 Å². The topological polar surface area (TPSA) is 57.5 Å². The molecule has 2 N–H and O–H groups in total. The summed E-state index contributed by atoms with van der Waals surface area (Å²) < 4.78 is 13.1. The molecule has 0 unspecified atom stereocenters. The van der Waals surface area contributed by atoms with Gasteiger partial charge in [-0.1, -0.05) is 6.92 Å². The lowest BCUT2D eigenvalue weighted by atomic mass is 10.1. The van der Waals surface area contributed by atoms with Crippen LogP contribution in [0.2, 0.25) is 0 Å². The van der Waals surface area contributed by atoms with Gasteiger partial charge in [-0.2, -0.15) is 0 Å². The fraction of sp³-hybridized carbons (Fsp3) is 0.300. The zero-order valence-corrected chi connectivity index (χ0v) is 7.75. The minimum atomic E-state index is -0.807. The average molecular weight is 198 g/mol. The third-order valence-corrected chi connectivity index (χ3v) is 1.84. The van der Waals surface area contributed by atoms with E-state index in [9.17, 15) is 9.18 Å². The summed E-state index contributed by atoms with van der Waals surface area (Å²) in [6.45, 7) is 1.80. The van der Waals surface area contributed by atoms with Crippen LogP contribution in [0.3, 0.4) is 0 Å². The summed E-state index contributed by atoms with van der Waals surface area (Å²) >= 11 is 0. The largest absolute Gasteiger partial charge is 0.504 e. The minimum absolute atomic E-state index is 0.179. The molecular formula is C10H11FO3. The predicted octanol–water partition coefficient (Wildman–Crippen LogP) is 2.22. The molecule has 0 bridgehead atoms. The highest BCUT2D eigenvalue weighted by molar-refractivity contribution is 5.96. The minimum Gasteiger partial charge on any atom is -0.504 e. The van der Waals surface area contributed by atoms with E-state index >= 15 is 0 Å². The molecule has 0 aliphatic carbocycles. The number of carbonyl (C=O) groups excluding carboxylic acids is 1. The highest BCUT2D eigenvalue weighted by Crippen LogP contribution is 2.28. The molecule has 1 aromatic carbocycles. The molecule has 0 saturated heterocycles. The Kier molecular flexibility index (Phi) is 3.06. The molecule has 0 heterocycles. The smallest absolute Gasteiger partial charge is 0.165 e. The number of hydrogen-bond acceptors (Lipinski definition) is 3. The lowest BCUT2D eigenvalue weighted by Gasteiger charge is -2.03. The van der Waals surface area contributed by atoms with Crippen molar-refractivity contribution in [2.24, 2.45) is 0 Å². The SMILES string of the molecule is CCCC(=O)c1cc(O)c(O)cc1F. The van der Waals surface area contributed by atoms with Gasteiger partial charge in [-0.25, -0.2) is 4.39 Å². The van der Waals surface area contributed by atoms with E-state index in [1.165, 1.54) is 0 Å². The molecule has 0 aliphatic heterocycles. The Balaban J connectivity index is 3.09. The number of carbonyl (C=O) groups is 1. The van der Waals surface area contributed by atoms with Crippen molar-refractivity contribution in [2.75, 3.05) is 0 Å². The van der Waals surface area contributed by atoms with Gasteiger partial charge in [0.05, 0.1) is 5.56 Å². The third-order valence-electron chi connectivity index (χ3n) is 1.84. The van der Waals surface area contributed by atoms with Gasteiger partial charge in [0, 0.05) is 12.5 Å². The van der Waals surface area contributed by atoms with Gasteiger partial charge in [0.1, 0.15) is 5.82 Å². The Morgan fingerprint density at radius 1 is 1.36 bits per heavy atom. The van der Waals surface area contributed by atoms with Crippen molar-refractivity contribution >= 4 is 5.78 Å². The summed E-state index contributed by atoms with van der Waals surface area (Å²) in [5.74, 6) is -2.22. The second-order valence-electron chi connectivity index (χ2n) is 2.99. The molecule has 14 heavy (non-hydrogen) atoms. The lowest BCUT2D eigenvalue weighted by molar-refractivity contribution is 0.0977. The van der Waals surface area contributed by atoms with Crippen molar-refractivity contribution in [3.63, 3.8) is 0 Å². The molecule has 0 aromatic heterocycles. The van der Waals surface area contributed by atoms with E-state index in [1.54, 1.807) is 6.92 Å². The van der Waals surface area contributed by atoms with Crippen LogP contribution >= 0.6 is 0 Å². The van der Waals surface area contributed by atoms with E-state index in [1.807, 2.05) is 0 Å². The summed E-state index contributed by atoms with van der Waals surface area (Å²) in [7, 11) is 0. The van der Waals surface area contributed by atoms with Gasteiger partial charge in [0.15, 0.2) is 17.3 Å². The first-order chi connectivity index (χ1) is 6.56. The molecule has 1 aromatic rings. The average Bonchev–Trinajstić information content (AvgIpc) is 2.11. The van der Waals surface area contributed by atoms with Crippen molar-refractivity contribution in [3.05, 3.63) is 23.5 Å². The first-order valence-electron chi connectivity index (χ1n) is 4.31. The van der Waals surface area contributed by atoms with Gasteiger partial charge < -0.3 is 10.2 Å². The standard InChI is InChI=1S/C10H11FO3/c1-2-3-8(12)6-4-9(13)10(14)5-7(6)11/h4-5,13-14H,2-3H2,1H3. The van der Waals surface area contributed by atoms with E-state index in [-0.39, 0.29) is 17.8 Å². The number of ketones is 1. The van der Waals surface area contributed by atoms with E-state index in [0.29, 0.717) is 6.42 Å². The van der Waals surface area contributed by atoms with Gasteiger partial charge in [0.25, 0.3) is 0 Å². The van der Waals surface area contributed by atoms with Gasteiger partial charge in [-0.15, -0.1) is 0 Å². The summed E-state index contributed by atoms with van der Waals surface area (Å²) in [6, 6.07) is 1.68. The maximum Gasteiger partial charge on any atom is 0.165 e. The fourth-order valence-electron chi connectivity index (χ4n) is 1.13. The maximum absolute atomic E-state index is 13.1. The molecule has 0 spiro atoms. The second kappa shape index (κ2) is 4.09. The van der Waals surface area contributed by atoms with Crippen LogP contribution in [0.25, 0.3) is 0 Å². The monoisotopic (exact) mass is 198 g/mol. The number of Topliss-reactive ketones (excluding diaryl/α,β-unsaturated/α-hetero) is 1. The highest BCUT2D eigenvalue weighted by atomic mass is 19.1. The molecule has 0 saturated carbocycles. The molecule has 0 radical (unpaired) electrons. The lowest BCUT2D eigenvalue weighted by Crippen LogP contribution is -2.01. The molecule has 3 nitrogen and oxygen atoms in total. The fourth-order valence-corrected chi connectivity index (χ4v) is 1.13. The molecule has 4 heteroatoms. The van der Waals surface area contributed by atoms with E-state index < -0.39 is 17.3 Å². The van der Waals surface area contributed by atoms with Gasteiger partial charge in [-0.05, 0) is 12.5 Å². The van der Waals surface area contributed by atoms with Crippen molar-refractivity contribution in [1.29, 1.82) is 0 Å². The van der Waals surface area contributed by atoms with Gasteiger partial charge in [0.2, 0.25) is 0 Å². The van der Waals surface area contributed by atoms with E-state index in [0.717, 1.165) is 12.1 Å². The van der Waals surface area contributed by atoms with Crippen LogP contribution in [0.4, 0.5) is 4.39 Å². The number of aromatic hydroxyl groups is 2. The molecular weight excluding hydrogens is 187 g/mol. The number of halogens is 1. The summed E-state index contributed by atoms with van der Waals surface area (Å²) in [5, 5.41) is 18.0. The maximum atomic E-state index is 13.1. The number of hydrogen-bond donors (Lipinski definition) is 2. The van der Waals surface area contributed by atoms with Crippen LogP contribution in [-0.4, -0.2) is 16.0 Å². The number of phenols is 2. The Labute approximate surface area is 80.8 Å². The molecule has 0 fully saturated rings. The summed E-state index contributed by atoms with van der Waals surface area (Å²) in [4.78, 5) is 11.3. The summed E-state index contributed by atoms with van der Waals surface area (Å²) in [6.07, 6.45) is 0.834. The zero-order valence-electron chi connectivity index (χ0n) is 7.75. The number of benzene rings is 1. The normalized spacial score (nSPS) is 10.1. The van der Waals surface area contributed by atoms with Crippen LogP contribution in [-0.2, 0) is 0 Å². The molecule has 0 atom stereocenters. The van der Waals surface area contributed by atoms with Gasteiger partial charge >= 0.3 is 0 Å². The van der Waals surface area contributed by atoms with Crippen LogP contribution in [0.1, 0.15) is 30.1 Å². The highest BCUT2D eigenvalue weighted by Gasteiger charge is 2.14. The zero-order chi connectivity index (χ0) is 10.7. The Bertz CT molecular complexity index is 361. The Morgan fingerprint density at radius 2 is 1.93 bits per heavy atom. The second-order valence-corrected chi connectivity index (χ2v) is 2.99. The molecule has 1 rings (SSSR count). The number of phenolic OH excluding ortho intramolecular Hbond substituents is 2. The quantitative estimate of drug-likeness (QED) is 0.578. The first kappa shape index (κ1) is 10.5. The van der Waals surface area contributed by atoms with Crippen LogP contribution in [0.5, 0.6) is 11.5 Å². The van der Waals surface area contributed by atoms with Crippen molar-refractivity contribution in [3.8, 4) is 11.5 Å². The third kappa shape index (κ3) is 2.02. The number of rotatable bonds is 3. The molecule has 0 amide bonds. The predicted molar refractivity (Wildman–Crippen MR) is 49.0 cm³/mol. The molecule has 76 valence electrons. The van der Waals surface area contributed by atoms with Gasteiger partial charge in [-0.3, -0.25) is 4.79 Å². The van der Waals surface area contributed by atoms with Crippen LogP contribution in [0, 0.1) is 5.82 Å². The Hall–Kier alpha value is -1.58. The van der Waals surface area contributed by atoms with Crippen LogP contribution < -0.4 is 0 Å². The first-order valence-corrected chi connectivity index (χ1v) is 4.31. The van der Waals surface area contributed by atoms with Crippen LogP contribution in [0.15, 0.2) is 12.1 Å². The Morgan fingerprint density at radius 3 is 2.50 bits per heavy atom. The van der Waals surface area contributed by atoms with Crippen molar-refractivity contribution in [2.45, 2.75) is 19.8 Å². The van der Waals surface area contributed by atoms with E-state index in [2.05, 4.69) is 0 Å². The van der Waals surface area contributed by atoms with Crippen molar-refractivity contribution < 1.29 is 19.4 Å². The summed E-state index contributed by atoms with van der Waals surface area (Å²) in [5.41, 5.74) is -0.179. The van der Waals surface area contributed by atoms with E-state index in [4.69, 9.17) is 10.2 Å².